The first-order chi connectivity index (χ1) is 14.3. The summed E-state index contributed by atoms with van der Waals surface area (Å²) in [6.45, 7) is 4.87. The van der Waals surface area contributed by atoms with E-state index in [4.69, 9.17) is 14.2 Å². The van der Waals surface area contributed by atoms with E-state index in [-0.39, 0.29) is 23.0 Å². The van der Waals surface area contributed by atoms with E-state index < -0.39 is 12.0 Å². The molecule has 2 aromatic rings. The van der Waals surface area contributed by atoms with Crippen LogP contribution in [0, 0.1) is 6.92 Å². The van der Waals surface area contributed by atoms with Gasteiger partial charge in [0.15, 0.2) is 17.3 Å². The number of amides is 2. The van der Waals surface area contributed by atoms with Crippen LogP contribution in [0.3, 0.4) is 0 Å². The summed E-state index contributed by atoms with van der Waals surface area (Å²) >= 11 is 1.01. The molecule has 1 heterocycles. The van der Waals surface area contributed by atoms with Crippen LogP contribution >= 0.6 is 11.3 Å². The second-order valence-electron chi connectivity index (χ2n) is 5.94. The molecule has 2 amide bonds. The number of carbonyl (C=O) groups excluding carboxylic acids is 3. The smallest absolute Gasteiger partial charge is 0.341 e. The van der Waals surface area contributed by atoms with Gasteiger partial charge in [0.1, 0.15) is 5.00 Å². The molecule has 0 spiro atoms. The molecular formula is C20H23N3O6S. The first kappa shape index (κ1) is 22.9. The SMILES string of the molecule is CCOC(=O)c1c(NC(=O)NN=Cc2cccc(OC)c2OC)sc(C(C)=O)c1C. The number of nitrogens with one attached hydrogen (secondary N) is 2. The van der Waals surface area contributed by atoms with Crippen LogP contribution in [-0.4, -0.2) is 44.8 Å². The molecule has 0 atom stereocenters. The monoisotopic (exact) mass is 433 g/mol. The molecule has 0 radical (unpaired) electrons. The number of hydrogen-bond donors (Lipinski definition) is 2. The lowest BCUT2D eigenvalue weighted by Crippen LogP contribution is -2.25. The molecule has 0 saturated heterocycles. The summed E-state index contributed by atoms with van der Waals surface area (Å²) in [4.78, 5) is 36.8. The minimum Gasteiger partial charge on any atom is -0.493 e. The lowest BCUT2D eigenvalue weighted by atomic mass is 10.1. The van der Waals surface area contributed by atoms with Gasteiger partial charge in [0, 0.05) is 5.56 Å². The Labute approximate surface area is 178 Å². The average molecular weight is 433 g/mol. The third kappa shape index (κ3) is 5.15. The van der Waals surface area contributed by atoms with Gasteiger partial charge in [-0.1, -0.05) is 6.07 Å². The Hall–Kier alpha value is -3.40. The molecule has 160 valence electrons. The Bertz CT molecular complexity index is 983. The number of hydrogen-bond acceptors (Lipinski definition) is 8. The van der Waals surface area contributed by atoms with Gasteiger partial charge in [-0.3, -0.25) is 10.1 Å². The highest BCUT2D eigenvalue weighted by molar-refractivity contribution is 7.18. The van der Waals surface area contributed by atoms with Gasteiger partial charge in [0.05, 0.1) is 37.5 Å². The van der Waals surface area contributed by atoms with Crippen LogP contribution in [0.1, 0.15) is 45.0 Å². The molecule has 0 unspecified atom stereocenters. The number of rotatable bonds is 8. The number of ketones is 1. The number of methoxy groups -OCH3 is 2. The fourth-order valence-corrected chi connectivity index (χ4v) is 3.78. The lowest BCUT2D eigenvalue weighted by Gasteiger charge is -2.09. The van der Waals surface area contributed by atoms with Crippen molar-refractivity contribution in [3.05, 3.63) is 39.8 Å². The highest BCUT2D eigenvalue weighted by atomic mass is 32.1. The Morgan fingerprint density at radius 1 is 1.20 bits per heavy atom. The van der Waals surface area contributed by atoms with Crippen molar-refractivity contribution in [3.8, 4) is 11.5 Å². The Balaban J connectivity index is 2.19. The predicted octanol–water partition coefficient (Wildman–Crippen LogP) is 3.61. The molecule has 1 aromatic heterocycles. The zero-order valence-electron chi connectivity index (χ0n) is 17.3. The minimum atomic E-state index is -0.685. The summed E-state index contributed by atoms with van der Waals surface area (Å²) in [5.74, 6) is 0.171. The largest absolute Gasteiger partial charge is 0.493 e. The van der Waals surface area contributed by atoms with Crippen molar-refractivity contribution in [3.63, 3.8) is 0 Å². The summed E-state index contributed by atoms with van der Waals surface area (Å²) in [6.07, 6.45) is 1.40. The highest BCUT2D eigenvalue weighted by Crippen LogP contribution is 2.34. The van der Waals surface area contributed by atoms with Crippen molar-refractivity contribution in [1.29, 1.82) is 0 Å². The summed E-state index contributed by atoms with van der Waals surface area (Å²) in [5.41, 5.74) is 3.53. The summed E-state index contributed by atoms with van der Waals surface area (Å²) in [7, 11) is 3.02. The van der Waals surface area contributed by atoms with E-state index in [0.29, 0.717) is 27.5 Å². The molecule has 30 heavy (non-hydrogen) atoms. The van der Waals surface area contributed by atoms with Crippen molar-refractivity contribution in [2.45, 2.75) is 20.8 Å². The number of ether oxygens (including phenoxy) is 3. The van der Waals surface area contributed by atoms with E-state index in [1.807, 2.05) is 0 Å². The molecule has 0 aliphatic heterocycles. The lowest BCUT2D eigenvalue weighted by molar-refractivity contribution is 0.0527. The Morgan fingerprint density at radius 3 is 2.53 bits per heavy atom. The van der Waals surface area contributed by atoms with Gasteiger partial charge in [0.25, 0.3) is 0 Å². The van der Waals surface area contributed by atoms with Gasteiger partial charge in [-0.25, -0.2) is 15.0 Å². The van der Waals surface area contributed by atoms with E-state index in [2.05, 4.69) is 15.8 Å². The standard InChI is InChI=1S/C20H23N3O6S/c1-6-29-19(25)15-11(2)17(12(3)24)30-18(15)22-20(26)23-21-10-13-8-7-9-14(27-4)16(13)28-5/h7-10H,6H2,1-5H3,(H2,22,23,26). The number of nitrogens with zero attached hydrogens (tertiary/aromatic N) is 1. The maximum Gasteiger partial charge on any atom is 0.341 e. The molecule has 0 saturated carbocycles. The first-order valence-corrected chi connectivity index (χ1v) is 9.78. The van der Waals surface area contributed by atoms with Crippen molar-refractivity contribution in [1.82, 2.24) is 5.43 Å². The van der Waals surface area contributed by atoms with E-state index in [1.165, 1.54) is 27.4 Å². The first-order valence-electron chi connectivity index (χ1n) is 8.96. The molecule has 2 N–H and O–H groups in total. The van der Waals surface area contributed by atoms with Gasteiger partial charge in [0.2, 0.25) is 0 Å². The number of urea groups is 1. The van der Waals surface area contributed by atoms with Crippen LogP contribution in [0.4, 0.5) is 9.80 Å². The van der Waals surface area contributed by atoms with Crippen molar-refractivity contribution < 1.29 is 28.6 Å². The molecule has 2 rings (SSSR count). The number of thiophene rings is 1. The minimum absolute atomic E-state index is 0.153. The summed E-state index contributed by atoms with van der Waals surface area (Å²) in [5, 5.41) is 6.66. The Kier molecular flexibility index (Phi) is 7.93. The molecular weight excluding hydrogens is 410 g/mol. The maximum absolute atomic E-state index is 12.3. The van der Waals surface area contributed by atoms with Crippen LogP contribution in [0.25, 0.3) is 0 Å². The number of carbonyl (C=O) groups is 3. The fraction of sp³-hybridized carbons (Fsp3) is 0.300. The quantitative estimate of drug-likeness (QED) is 0.284. The van der Waals surface area contributed by atoms with E-state index >= 15 is 0 Å². The molecule has 0 aliphatic rings. The number of Topliss-reactive ketones (excluding diaryl/α,β-unsaturated/α-hetero) is 1. The van der Waals surface area contributed by atoms with Gasteiger partial charge >= 0.3 is 12.0 Å². The normalized spacial score (nSPS) is 10.6. The van der Waals surface area contributed by atoms with Gasteiger partial charge in [-0.05, 0) is 38.5 Å². The van der Waals surface area contributed by atoms with Crippen LogP contribution < -0.4 is 20.2 Å². The molecule has 10 heteroatoms. The number of para-hydroxylation sites is 1. The Morgan fingerprint density at radius 2 is 1.93 bits per heavy atom. The second kappa shape index (κ2) is 10.4. The molecule has 0 aliphatic carbocycles. The zero-order valence-corrected chi connectivity index (χ0v) is 18.1. The van der Waals surface area contributed by atoms with Crippen molar-refractivity contribution in [2.75, 3.05) is 26.1 Å². The average Bonchev–Trinajstić information content (AvgIpc) is 3.03. The number of anilines is 1. The summed E-state index contributed by atoms with van der Waals surface area (Å²) in [6, 6.07) is 4.55. The topological polar surface area (TPSA) is 115 Å². The maximum atomic E-state index is 12.3. The van der Waals surface area contributed by atoms with Crippen LogP contribution in [0.15, 0.2) is 23.3 Å². The van der Waals surface area contributed by atoms with Gasteiger partial charge in [-0.15, -0.1) is 11.3 Å². The van der Waals surface area contributed by atoms with E-state index in [0.717, 1.165) is 11.3 Å². The number of benzene rings is 1. The third-order valence-electron chi connectivity index (χ3n) is 3.98. The predicted molar refractivity (Wildman–Crippen MR) is 114 cm³/mol. The number of hydrazone groups is 1. The van der Waals surface area contributed by atoms with E-state index in [1.54, 1.807) is 32.0 Å². The third-order valence-corrected chi connectivity index (χ3v) is 5.28. The van der Waals surface area contributed by atoms with Gasteiger partial charge < -0.3 is 14.2 Å². The van der Waals surface area contributed by atoms with Crippen LogP contribution in [0.5, 0.6) is 11.5 Å². The molecule has 0 bridgehead atoms. The molecule has 0 fully saturated rings. The molecule has 1 aromatic carbocycles. The molecule has 9 nitrogen and oxygen atoms in total. The van der Waals surface area contributed by atoms with Gasteiger partial charge in [-0.2, -0.15) is 5.10 Å². The van der Waals surface area contributed by atoms with Crippen molar-refractivity contribution >= 4 is 40.3 Å². The van der Waals surface area contributed by atoms with Crippen LogP contribution in [0.2, 0.25) is 0 Å². The van der Waals surface area contributed by atoms with Crippen LogP contribution in [-0.2, 0) is 4.74 Å². The van der Waals surface area contributed by atoms with E-state index in [9.17, 15) is 14.4 Å². The summed E-state index contributed by atoms with van der Waals surface area (Å²) < 4.78 is 15.6. The zero-order chi connectivity index (χ0) is 22.3. The van der Waals surface area contributed by atoms with Crippen molar-refractivity contribution in [2.24, 2.45) is 5.10 Å². The fourth-order valence-electron chi connectivity index (χ4n) is 2.69. The highest BCUT2D eigenvalue weighted by Gasteiger charge is 2.25. The second-order valence-corrected chi connectivity index (χ2v) is 6.96. The number of esters is 1.